The lowest BCUT2D eigenvalue weighted by atomic mass is 10.00. The number of pyridine rings is 1. The second-order valence-electron chi connectivity index (χ2n) is 3.31. The topological polar surface area (TPSA) is 63.0 Å². The van der Waals surface area contributed by atoms with Crippen LogP contribution in [0.25, 0.3) is 0 Å². The first kappa shape index (κ1) is 14.5. The van der Waals surface area contributed by atoms with Crippen molar-refractivity contribution in [3.63, 3.8) is 0 Å². The van der Waals surface area contributed by atoms with Crippen LogP contribution < -0.4 is 0 Å². The van der Waals surface area contributed by atoms with Gasteiger partial charge in [-0.1, -0.05) is 15.9 Å². The summed E-state index contributed by atoms with van der Waals surface area (Å²) >= 11 is 3.07. The molecule has 0 aliphatic rings. The molecule has 0 radical (unpaired) electrons. The van der Waals surface area contributed by atoms with Crippen LogP contribution in [0.3, 0.4) is 0 Å². The number of aromatic nitrogens is 1. The molecule has 0 saturated heterocycles. The van der Waals surface area contributed by atoms with E-state index in [1.807, 2.05) is 6.07 Å². The Bertz CT molecular complexity index is 501. The van der Waals surface area contributed by atoms with Crippen LogP contribution in [0, 0.1) is 11.3 Å². The van der Waals surface area contributed by atoms with Crippen molar-refractivity contribution in [1.29, 1.82) is 5.26 Å². The van der Waals surface area contributed by atoms with E-state index in [-0.39, 0.29) is 28.4 Å². The van der Waals surface area contributed by atoms with Crippen molar-refractivity contribution < 1.29 is 18.3 Å². The molecule has 0 aliphatic heterocycles. The molecule has 1 rings (SSSR count). The fraction of sp³-hybridized carbons (Fsp3) is 0.364. The third kappa shape index (κ3) is 3.01. The molecular formula is C11H9BrF2N2O2. The Hall–Kier alpha value is -1.55. The number of carbonyl (C=O) groups excluding carboxylic acids is 1. The molecule has 4 nitrogen and oxygen atoms in total. The fourth-order valence-electron chi connectivity index (χ4n) is 1.46. The number of carbonyl (C=O) groups is 1. The lowest BCUT2D eigenvalue weighted by Gasteiger charge is -2.12. The quantitative estimate of drug-likeness (QED) is 0.632. The average Bonchev–Trinajstić information content (AvgIpc) is 2.37. The summed E-state index contributed by atoms with van der Waals surface area (Å²) in [5.41, 5.74) is 0.0602. The maximum atomic E-state index is 12.8. The number of nitrogens with zero attached hydrogens (tertiary/aromatic N) is 2. The van der Waals surface area contributed by atoms with Gasteiger partial charge in [0, 0.05) is 11.5 Å². The Kier molecular flexibility index (Phi) is 5.16. The second kappa shape index (κ2) is 6.40. The van der Waals surface area contributed by atoms with E-state index >= 15 is 0 Å². The molecule has 0 spiro atoms. The molecule has 0 fully saturated rings. The summed E-state index contributed by atoms with van der Waals surface area (Å²) in [7, 11) is 1.19. The minimum Gasteiger partial charge on any atom is -0.469 e. The van der Waals surface area contributed by atoms with Crippen molar-refractivity contribution in [3.8, 4) is 6.07 Å². The molecule has 1 aromatic rings. The number of halogens is 3. The number of ether oxygens (including phenoxy) is 1. The molecule has 0 unspecified atom stereocenters. The van der Waals surface area contributed by atoms with Gasteiger partial charge in [0.05, 0.1) is 19.1 Å². The zero-order chi connectivity index (χ0) is 13.7. The highest BCUT2D eigenvalue weighted by Crippen LogP contribution is 2.27. The van der Waals surface area contributed by atoms with Crippen LogP contribution in [0.15, 0.2) is 6.20 Å². The van der Waals surface area contributed by atoms with E-state index in [0.717, 1.165) is 6.20 Å². The Morgan fingerprint density at radius 2 is 2.28 bits per heavy atom. The minimum atomic E-state index is -2.76. The van der Waals surface area contributed by atoms with E-state index in [2.05, 4.69) is 25.7 Å². The van der Waals surface area contributed by atoms with Crippen molar-refractivity contribution >= 4 is 21.9 Å². The maximum Gasteiger partial charge on any atom is 0.310 e. The summed E-state index contributed by atoms with van der Waals surface area (Å²) < 4.78 is 30.0. The molecule has 0 N–H and O–H groups in total. The predicted molar refractivity (Wildman–Crippen MR) is 62.3 cm³/mol. The monoisotopic (exact) mass is 318 g/mol. The zero-order valence-corrected chi connectivity index (χ0v) is 11.0. The standard InChI is InChI=1S/C11H9BrF2N2O2/c1-18-9(17)2-7-6(4-15)5-16-10(11(13)14)8(7)3-12/h5,11H,2-3H2,1H3. The first-order chi connectivity index (χ1) is 8.54. The smallest absolute Gasteiger partial charge is 0.310 e. The van der Waals surface area contributed by atoms with Gasteiger partial charge in [0.2, 0.25) is 0 Å². The molecule has 96 valence electrons. The van der Waals surface area contributed by atoms with Gasteiger partial charge in [-0.05, 0) is 11.1 Å². The normalized spacial score (nSPS) is 10.2. The minimum absolute atomic E-state index is 0.0848. The number of methoxy groups -OCH3 is 1. The van der Waals surface area contributed by atoms with Crippen LogP contribution in [-0.4, -0.2) is 18.1 Å². The van der Waals surface area contributed by atoms with Gasteiger partial charge in [-0.2, -0.15) is 5.26 Å². The first-order valence-electron chi connectivity index (χ1n) is 4.86. The predicted octanol–water partition coefficient (Wildman–Crippen LogP) is 2.50. The van der Waals surface area contributed by atoms with E-state index in [0.29, 0.717) is 0 Å². The summed E-state index contributed by atoms with van der Waals surface area (Å²) in [6, 6.07) is 1.83. The van der Waals surface area contributed by atoms with E-state index in [1.165, 1.54) is 7.11 Å². The Morgan fingerprint density at radius 3 is 2.72 bits per heavy atom. The van der Waals surface area contributed by atoms with Crippen molar-refractivity contribution in [1.82, 2.24) is 4.98 Å². The Balaban J connectivity index is 3.38. The summed E-state index contributed by atoms with van der Waals surface area (Å²) in [5, 5.41) is 8.99. The summed E-state index contributed by atoms with van der Waals surface area (Å²) in [5.74, 6) is -0.597. The van der Waals surface area contributed by atoms with Gasteiger partial charge < -0.3 is 4.74 Å². The Labute approximate surface area is 111 Å². The molecule has 7 heteroatoms. The number of nitriles is 1. The van der Waals surface area contributed by atoms with E-state index in [9.17, 15) is 13.6 Å². The number of alkyl halides is 3. The number of hydrogen-bond donors (Lipinski definition) is 0. The highest BCUT2D eigenvalue weighted by Gasteiger charge is 2.21. The summed E-state index contributed by atoms with van der Waals surface area (Å²) in [4.78, 5) is 14.8. The Morgan fingerprint density at radius 1 is 1.61 bits per heavy atom. The van der Waals surface area contributed by atoms with Crippen LogP contribution in [0.5, 0.6) is 0 Å². The molecular weight excluding hydrogens is 310 g/mol. The van der Waals surface area contributed by atoms with Gasteiger partial charge in [-0.15, -0.1) is 0 Å². The fourth-order valence-corrected chi connectivity index (χ4v) is 2.08. The lowest BCUT2D eigenvalue weighted by Crippen LogP contribution is -2.11. The van der Waals surface area contributed by atoms with E-state index in [4.69, 9.17) is 5.26 Å². The molecule has 0 bridgehead atoms. The molecule has 0 aliphatic carbocycles. The third-order valence-corrected chi connectivity index (χ3v) is 2.90. The number of hydrogen-bond acceptors (Lipinski definition) is 4. The van der Waals surface area contributed by atoms with Crippen molar-refractivity contribution in [3.05, 3.63) is 28.6 Å². The zero-order valence-electron chi connectivity index (χ0n) is 9.41. The molecule has 1 heterocycles. The number of esters is 1. The van der Waals surface area contributed by atoms with Crippen LogP contribution >= 0.6 is 15.9 Å². The van der Waals surface area contributed by atoms with Crippen molar-refractivity contribution in [2.45, 2.75) is 18.2 Å². The number of rotatable bonds is 4. The van der Waals surface area contributed by atoms with Gasteiger partial charge in [0.15, 0.2) is 0 Å². The van der Waals surface area contributed by atoms with Crippen molar-refractivity contribution in [2.24, 2.45) is 0 Å². The molecule has 1 aromatic heterocycles. The molecule has 0 atom stereocenters. The average molecular weight is 319 g/mol. The summed E-state index contributed by atoms with van der Waals surface area (Å²) in [6.07, 6.45) is -1.95. The first-order valence-corrected chi connectivity index (χ1v) is 5.99. The molecule has 0 amide bonds. The highest BCUT2D eigenvalue weighted by atomic mass is 79.9. The third-order valence-electron chi connectivity index (χ3n) is 2.34. The van der Waals surface area contributed by atoms with Gasteiger partial charge in [-0.3, -0.25) is 9.78 Å². The van der Waals surface area contributed by atoms with E-state index in [1.54, 1.807) is 0 Å². The molecule has 0 aromatic carbocycles. The largest absolute Gasteiger partial charge is 0.469 e. The van der Waals surface area contributed by atoms with E-state index < -0.39 is 18.1 Å². The summed E-state index contributed by atoms with van der Waals surface area (Å²) in [6.45, 7) is 0. The molecule has 18 heavy (non-hydrogen) atoms. The van der Waals surface area contributed by atoms with Gasteiger partial charge in [0.1, 0.15) is 11.8 Å². The van der Waals surface area contributed by atoms with Crippen molar-refractivity contribution in [2.75, 3.05) is 7.11 Å². The van der Waals surface area contributed by atoms with Crippen LogP contribution in [0.1, 0.15) is 28.8 Å². The van der Waals surface area contributed by atoms with Gasteiger partial charge in [-0.25, -0.2) is 8.78 Å². The van der Waals surface area contributed by atoms with Crippen LogP contribution in [0.4, 0.5) is 8.78 Å². The van der Waals surface area contributed by atoms with Crippen LogP contribution in [-0.2, 0) is 21.3 Å². The molecule has 0 saturated carbocycles. The van der Waals surface area contributed by atoms with Gasteiger partial charge >= 0.3 is 5.97 Å². The van der Waals surface area contributed by atoms with Gasteiger partial charge in [0.25, 0.3) is 6.43 Å². The SMILES string of the molecule is COC(=O)Cc1c(C#N)cnc(C(F)F)c1CBr. The second-order valence-corrected chi connectivity index (χ2v) is 3.87. The lowest BCUT2D eigenvalue weighted by molar-refractivity contribution is -0.139. The highest BCUT2D eigenvalue weighted by molar-refractivity contribution is 9.08. The maximum absolute atomic E-state index is 12.8. The van der Waals surface area contributed by atoms with Crippen LogP contribution in [0.2, 0.25) is 0 Å².